The van der Waals surface area contributed by atoms with Crippen molar-refractivity contribution in [3.63, 3.8) is 0 Å². The first-order valence-corrected chi connectivity index (χ1v) is 13.1. The van der Waals surface area contributed by atoms with Crippen LogP contribution >= 0.6 is 0 Å². The number of aromatic nitrogens is 4. The van der Waals surface area contributed by atoms with Crippen LogP contribution in [-0.2, 0) is 16.1 Å². The first kappa shape index (κ1) is 24.4. The minimum absolute atomic E-state index is 0.0997. The second kappa shape index (κ2) is 10.7. The Labute approximate surface area is 202 Å². The second-order valence-corrected chi connectivity index (χ2v) is 10.2. The number of carbonyl (C=O) groups is 1. The Morgan fingerprint density at radius 3 is 2.50 bits per heavy atom. The number of esters is 1. The van der Waals surface area contributed by atoms with Crippen molar-refractivity contribution in [1.82, 2.24) is 19.5 Å². The Kier molecular flexibility index (Phi) is 7.70. The van der Waals surface area contributed by atoms with E-state index in [1.165, 1.54) is 32.1 Å². The molecule has 2 atom stereocenters. The number of fused-ring (bicyclic) bond motifs is 1. The lowest BCUT2D eigenvalue weighted by Gasteiger charge is -2.32. The highest BCUT2D eigenvalue weighted by Gasteiger charge is 2.32. The number of imidazole rings is 1. The molecule has 0 spiro atoms. The monoisotopic (exact) mass is 466 g/mol. The lowest BCUT2D eigenvalue weighted by Crippen LogP contribution is -2.31. The van der Waals surface area contributed by atoms with Gasteiger partial charge in [-0.25, -0.2) is 4.98 Å². The van der Waals surface area contributed by atoms with Gasteiger partial charge in [0.05, 0.1) is 6.61 Å². The summed E-state index contributed by atoms with van der Waals surface area (Å²) >= 11 is 0. The van der Waals surface area contributed by atoms with E-state index in [0.29, 0.717) is 42.2 Å². The van der Waals surface area contributed by atoms with Crippen molar-refractivity contribution in [2.45, 2.75) is 97.6 Å². The summed E-state index contributed by atoms with van der Waals surface area (Å²) in [5.74, 6) is 2.58. The molecule has 2 aliphatic rings. The molecule has 8 heteroatoms. The zero-order valence-corrected chi connectivity index (χ0v) is 21.0. The molecule has 2 saturated carbocycles. The van der Waals surface area contributed by atoms with Crippen LogP contribution < -0.4 is 5.32 Å². The normalized spacial score (nSPS) is 22.6. The molecule has 1 unspecified atom stereocenters. The highest BCUT2D eigenvalue weighted by molar-refractivity contribution is 5.86. The fourth-order valence-electron chi connectivity index (χ4n) is 5.40. The van der Waals surface area contributed by atoms with Crippen molar-refractivity contribution in [2.24, 2.45) is 17.8 Å². The third-order valence-electron chi connectivity index (χ3n) is 7.82. The van der Waals surface area contributed by atoms with Crippen LogP contribution in [0.3, 0.4) is 0 Å². The highest BCUT2D eigenvalue weighted by atomic mass is 16.5. The van der Waals surface area contributed by atoms with Crippen molar-refractivity contribution in [2.75, 3.05) is 11.9 Å². The van der Waals surface area contributed by atoms with Crippen LogP contribution in [0.25, 0.3) is 11.2 Å². The molecule has 2 aromatic rings. The molecule has 8 nitrogen and oxygen atoms in total. The van der Waals surface area contributed by atoms with Gasteiger partial charge in [-0.3, -0.25) is 4.79 Å². The number of rotatable bonds is 9. The van der Waals surface area contributed by atoms with Crippen molar-refractivity contribution < 1.29 is 9.53 Å². The topological polar surface area (TPSA) is 106 Å². The lowest BCUT2D eigenvalue weighted by molar-refractivity contribution is -0.145. The Hall–Kier alpha value is -2.69. The van der Waals surface area contributed by atoms with Crippen LogP contribution in [0.15, 0.2) is 0 Å². The zero-order valence-electron chi connectivity index (χ0n) is 21.0. The number of carbonyl (C=O) groups excluding carboxylic acids is 1. The van der Waals surface area contributed by atoms with Crippen LogP contribution in [0, 0.1) is 29.1 Å². The average molecular weight is 467 g/mol. The van der Waals surface area contributed by atoms with Crippen molar-refractivity contribution in [3.8, 4) is 6.07 Å². The maximum absolute atomic E-state index is 12.9. The van der Waals surface area contributed by atoms with Gasteiger partial charge in [-0.15, -0.1) is 0 Å². The van der Waals surface area contributed by atoms with E-state index in [1.54, 1.807) is 0 Å². The van der Waals surface area contributed by atoms with E-state index in [-0.39, 0.29) is 17.8 Å². The standard InChI is InChI=1S/C26H38N6O2/c1-5-20(26(33)34-6-2)25-31-24-22(32(25)15-18-12-10-16(3)11-13-18)23(29-21(14-27)30-24)28-17(4)19-8-7-9-19/h16-20H,5-13,15H2,1-4H3,(H,28,29,30)/t16-,17-,18-,20?/m1/s1. The first-order valence-electron chi connectivity index (χ1n) is 13.1. The summed E-state index contributed by atoms with van der Waals surface area (Å²) in [5, 5.41) is 13.2. The van der Waals surface area contributed by atoms with E-state index >= 15 is 0 Å². The minimum atomic E-state index is -0.473. The van der Waals surface area contributed by atoms with Crippen molar-refractivity contribution >= 4 is 23.0 Å². The number of nitriles is 1. The van der Waals surface area contributed by atoms with Gasteiger partial charge in [0.2, 0.25) is 5.82 Å². The Bertz CT molecular complexity index is 1050. The summed E-state index contributed by atoms with van der Waals surface area (Å²) in [6, 6.07) is 2.33. The van der Waals surface area contributed by atoms with Crippen LogP contribution in [0.2, 0.25) is 0 Å². The van der Waals surface area contributed by atoms with Gasteiger partial charge in [0.15, 0.2) is 11.5 Å². The molecule has 2 aliphatic carbocycles. The summed E-state index contributed by atoms with van der Waals surface area (Å²) in [7, 11) is 0. The van der Waals surface area contributed by atoms with Crippen molar-refractivity contribution in [3.05, 3.63) is 11.6 Å². The van der Waals surface area contributed by atoms with Gasteiger partial charge in [-0.2, -0.15) is 15.2 Å². The minimum Gasteiger partial charge on any atom is -0.465 e. The average Bonchev–Trinajstić information content (AvgIpc) is 3.12. The van der Waals surface area contributed by atoms with Crippen molar-refractivity contribution in [1.29, 1.82) is 5.26 Å². The van der Waals surface area contributed by atoms with E-state index in [0.717, 1.165) is 30.8 Å². The molecular formula is C26H38N6O2. The maximum atomic E-state index is 12.9. The maximum Gasteiger partial charge on any atom is 0.316 e. The summed E-state index contributed by atoms with van der Waals surface area (Å²) in [6.07, 6.45) is 9.03. The second-order valence-electron chi connectivity index (χ2n) is 10.2. The summed E-state index contributed by atoms with van der Waals surface area (Å²) in [4.78, 5) is 26.8. The number of ether oxygens (including phenoxy) is 1. The van der Waals surface area contributed by atoms with Gasteiger partial charge in [0, 0.05) is 12.6 Å². The van der Waals surface area contributed by atoms with Gasteiger partial charge in [-0.05, 0) is 63.7 Å². The number of hydrogen-bond donors (Lipinski definition) is 1. The smallest absolute Gasteiger partial charge is 0.316 e. The molecular weight excluding hydrogens is 428 g/mol. The molecule has 2 aromatic heterocycles. The molecule has 0 bridgehead atoms. The molecule has 184 valence electrons. The van der Waals surface area contributed by atoms with E-state index in [4.69, 9.17) is 9.72 Å². The number of anilines is 1. The van der Waals surface area contributed by atoms with Gasteiger partial charge < -0.3 is 14.6 Å². The summed E-state index contributed by atoms with van der Waals surface area (Å²) in [5.41, 5.74) is 1.29. The predicted molar refractivity (Wildman–Crippen MR) is 131 cm³/mol. The third kappa shape index (κ3) is 5.03. The fraction of sp³-hybridized carbons (Fsp3) is 0.731. The van der Waals surface area contributed by atoms with E-state index < -0.39 is 5.92 Å². The molecule has 34 heavy (non-hydrogen) atoms. The molecule has 2 heterocycles. The molecule has 4 rings (SSSR count). The van der Waals surface area contributed by atoms with Gasteiger partial charge in [-0.1, -0.05) is 33.1 Å². The summed E-state index contributed by atoms with van der Waals surface area (Å²) < 4.78 is 7.57. The molecule has 0 aromatic carbocycles. The first-order chi connectivity index (χ1) is 16.4. The molecule has 0 aliphatic heterocycles. The zero-order chi connectivity index (χ0) is 24.2. The van der Waals surface area contributed by atoms with Gasteiger partial charge in [0.1, 0.15) is 23.3 Å². The van der Waals surface area contributed by atoms with Crippen LogP contribution in [0.5, 0.6) is 0 Å². The number of nitrogens with one attached hydrogen (secondary N) is 1. The number of hydrogen-bond acceptors (Lipinski definition) is 7. The third-order valence-corrected chi connectivity index (χ3v) is 7.82. The van der Waals surface area contributed by atoms with E-state index in [9.17, 15) is 10.1 Å². The molecule has 0 radical (unpaired) electrons. The Balaban J connectivity index is 1.81. The lowest BCUT2D eigenvalue weighted by atomic mass is 9.80. The van der Waals surface area contributed by atoms with Gasteiger partial charge in [0.25, 0.3) is 0 Å². The Morgan fingerprint density at radius 1 is 1.18 bits per heavy atom. The van der Waals surface area contributed by atoms with Crippen LogP contribution in [0.4, 0.5) is 5.82 Å². The summed E-state index contributed by atoms with van der Waals surface area (Å²) in [6.45, 7) is 9.42. The largest absolute Gasteiger partial charge is 0.465 e. The van der Waals surface area contributed by atoms with Gasteiger partial charge >= 0.3 is 5.97 Å². The molecule has 0 amide bonds. The Morgan fingerprint density at radius 2 is 1.91 bits per heavy atom. The highest BCUT2D eigenvalue weighted by Crippen LogP contribution is 2.36. The van der Waals surface area contributed by atoms with Crippen LogP contribution in [0.1, 0.15) is 96.6 Å². The SMILES string of the molecule is CCOC(=O)C(CC)c1nc2nc(C#N)nc(N[C@H](C)C3CCC3)c2n1C[C@H]1CC[C@H](C)CC1. The van der Waals surface area contributed by atoms with Crippen LogP contribution in [-0.4, -0.2) is 38.1 Å². The fourth-order valence-corrected chi connectivity index (χ4v) is 5.40. The van der Waals surface area contributed by atoms with E-state index in [1.807, 2.05) is 13.8 Å². The molecule has 2 fully saturated rings. The van der Waals surface area contributed by atoms with E-state index in [2.05, 4.69) is 39.8 Å². The molecule has 0 saturated heterocycles. The number of nitrogens with zero attached hydrogens (tertiary/aromatic N) is 5. The molecule has 1 N–H and O–H groups in total. The predicted octanol–water partition coefficient (Wildman–Crippen LogP) is 5.18. The quantitative estimate of drug-likeness (QED) is 0.507.